The Morgan fingerprint density at radius 1 is 1.50 bits per heavy atom. The zero-order chi connectivity index (χ0) is 11.5. The second-order valence-electron chi connectivity index (χ2n) is 3.51. The SMILES string of the molecule is COc1cnn(C)c1Cc1cccnc1N. The average Bonchev–Trinajstić information content (AvgIpc) is 2.63. The van der Waals surface area contributed by atoms with Gasteiger partial charge in [-0.15, -0.1) is 0 Å². The minimum Gasteiger partial charge on any atom is -0.493 e. The van der Waals surface area contributed by atoms with Crippen molar-refractivity contribution in [2.45, 2.75) is 6.42 Å². The van der Waals surface area contributed by atoms with Crippen LogP contribution in [-0.2, 0) is 13.5 Å². The first kappa shape index (κ1) is 10.5. The van der Waals surface area contributed by atoms with Crippen LogP contribution in [-0.4, -0.2) is 21.9 Å². The molecule has 2 N–H and O–H groups in total. The summed E-state index contributed by atoms with van der Waals surface area (Å²) in [6.07, 6.45) is 4.04. The van der Waals surface area contributed by atoms with E-state index in [1.165, 1.54) is 0 Å². The van der Waals surface area contributed by atoms with Crippen molar-refractivity contribution in [3.05, 3.63) is 35.8 Å². The van der Waals surface area contributed by atoms with Crippen molar-refractivity contribution in [1.29, 1.82) is 0 Å². The van der Waals surface area contributed by atoms with Crippen LogP contribution in [0.25, 0.3) is 0 Å². The van der Waals surface area contributed by atoms with Gasteiger partial charge in [-0.05, 0) is 6.07 Å². The number of hydrogen-bond donors (Lipinski definition) is 1. The van der Waals surface area contributed by atoms with E-state index in [1.807, 2.05) is 19.2 Å². The Balaban J connectivity index is 2.33. The van der Waals surface area contributed by atoms with Crippen LogP contribution >= 0.6 is 0 Å². The van der Waals surface area contributed by atoms with Gasteiger partial charge in [0.25, 0.3) is 0 Å². The smallest absolute Gasteiger partial charge is 0.160 e. The fraction of sp³-hybridized carbons (Fsp3) is 0.273. The molecule has 5 heteroatoms. The van der Waals surface area contributed by atoms with Crippen LogP contribution in [0.4, 0.5) is 5.82 Å². The fourth-order valence-electron chi connectivity index (χ4n) is 1.60. The number of nitrogen functional groups attached to an aromatic ring is 1. The Bertz CT molecular complexity index is 492. The van der Waals surface area contributed by atoms with Crippen LogP contribution in [0.5, 0.6) is 5.75 Å². The molecule has 0 unspecified atom stereocenters. The second kappa shape index (κ2) is 4.22. The molecule has 0 saturated heterocycles. The summed E-state index contributed by atoms with van der Waals surface area (Å²) < 4.78 is 7.02. The molecule has 0 aliphatic heterocycles. The third-order valence-electron chi connectivity index (χ3n) is 2.53. The van der Waals surface area contributed by atoms with Crippen LogP contribution < -0.4 is 10.5 Å². The summed E-state index contributed by atoms with van der Waals surface area (Å²) in [7, 11) is 3.51. The number of nitrogens with two attached hydrogens (primary N) is 1. The minimum absolute atomic E-state index is 0.547. The molecule has 0 saturated carbocycles. The fourth-order valence-corrected chi connectivity index (χ4v) is 1.60. The summed E-state index contributed by atoms with van der Waals surface area (Å²) in [5.74, 6) is 1.32. The number of nitrogens with zero attached hydrogens (tertiary/aromatic N) is 3. The molecule has 16 heavy (non-hydrogen) atoms. The average molecular weight is 218 g/mol. The molecule has 0 aromatic carbocycles. The van der Waals surface area contributed by atoms with Gasteiger partial charge in [0.2, 0.25) is 0 Å². The molecule has 0 aliphatic carbocycles. The van der Waals surface area contributed by atoms with Gasteiger partial charge in [0.1, 0.15) is 5.82 Å². The van der Waals surface area contributed by atoms with Gasteiger partial charge in [0.05, 0.1) is 19.0 Å². The molecule has 0 atom stereocenters. The minimum atomic E-state index is 0.547. The Kier molecular flexibility index (Phi) is 2.76. The number of pyridine rings is 1. The standard InChI is InChI=1S/C11H14N4O/c1-15-9(10(16-2)7-14-15)6-8-4-3-5-13-11(8)12/h3-5,7H,6H2,1-2H3,(H2,12,13). The first-order valence-electron chi connectivity index (χ1n) is 4.96. The lowest BCUT2D eigenvalue weighted by Crippen LogP contribution is -2.04. The normalized spacial score (nSPS) is 10.4. The highest BCUT2D eigenvalue weighted by Crippen LogP contribution is 2.21. The number of rotatable bonds is 3. The van der Waals surface area contributed by atoms with E-state index in [4.69, 9.17) is 10.5 Å². The highest BCUT2D eigenvalue weighted by molar-refractivity contribution is 5.43. The van der Waals surface area contributed by atoms with Gasteiger partial charge in [0.15, 0.2) is 5.75 Å². The van der Waals surface area contributed by atoms with Gasteiger partial charge in [-0.2, -0.15) is 5.10 Å². The van der Waals surface area contributed by atoms with E-state index in [0.29, 0.717) is 12.2 Å². The van der Waals surface area contributed by atoms with Crippen LogP contribution in [0.2, 0.25) is 0 Å². The quantitative estimate of drug-likeness (QED) is 0.834. The van der Waals surface area contributed by atoms with E-state index < -0.39 is 0 Å². The largest absolute Gasteiger partial charge is 0.493 e. The molecule has 0 amide bonds. The van der Waals surface area contributed by atoms with Crippen LogP contribution in [0.15, 0.2) is 24.5 Å². The zero-order valence-electron chi connectivity index (χ0n) is 9.34. The molecular weight excluding hydrogens is 204 g/mol. The summed E-state index contributed by atoms with van der Waals surface area (Å²) in [6, 6.07) is 3.82. The van der Waals surface area contributed by atoms with E-state index in [1.54, 1.807) is 24.2 Å². The van der Waals surface area contributed by atoms with Gasteiger partial charge in [0, 0.05) is 25.2 Å². The summed E-state index contributed by atoms with van der Waals surface area (Å²) in [4.78, 5) is 4.05. The van der Waals surface area contributed by atoms with Gasteiger partial charge in [-0.3, -0.25) is 4.68 Å². The number of aromatic nitrogens is 3. The Morgan fingerprint density at radius 2 is 2.31 bits per heavy atom. The summed E-state index contributed by atoms with van der Waals surface area (Å²) >= 11 is 0. The van der Waals surface area contributed by atoms with Gasteiger partial charge in [-0.25, -0.2) is 4.98 Å². The van der Waals surface area contributed by atoms with Crippen LogP contribution in [0.3, 0.4) is 0 Å². The number of methoxy groups -OCH3 is 1. The topological polar surface area (TPSA) is 66.0 Å². The molecule has 0 aliphatic rings. The van der Waals surface area contributed by atoms with Gasteiger partial charge in [-0.1, -0.05) is 6.07 Å². The predicted octanol–water partition coefficient (Wildman–Crippen LogP) is 0.997. The molecular formula is C11H14N4O. The molecule has 2 aromatic heterocycles. The Labute approximate surface area is 93.9 Å². The lowest BCUT2D eigenvalue weighted by molar-refractivity contribution is 0.409. The molecule has 0 spiro atoms. The lowest BCUT2D eigenvalue weighted by atomic mass is 10.1. The highest BCUT2D eigenvalue weighted by atomic mass is 16.5. The Morgan fingerprint density at radius 3 is 3.00 bits per heavy atom. The molecule has 2 aromatic rings. The maximum atomic E-state index is 5.80. The van der Waals surface area contributed by atoms with Gasteiger partial charge < -0.3 is 10.5 Å². The van der Waals surface area contributed by atoms with Gasteiger partial charge >= 0.3 is 0 Å². The predicted molar refractivity (Wildman–Crippen MR) is 61.2 cm³/mol. The van der Waals surface area contributed by atoms with Crippen molar-refractivity contribution >= 4 is 5.82 Å². The second-order valence-corrected chi connectivity index (χ2v) is 3.51. The molecule has 5 nitrogen and oxygen atoms in total. The zero-order valence-corrected chi connectivity index (χ0v) is 9.34. The summed E-state index contributed by atoms with van der Waals surface area (Å²) in [5.41, 5.74) is 7.76. The van der Waals surface area contributed by atoms with Crippen LogP contribution in [0, 0.1) is 0 Å². The van der Waals surface area contributed by atoms with Crippen molar-refractivity contribution in [1.82, 2.24) is 14.8 Å². The van der Waals surface area contributed by atoms with E-state index in [2.05, 4.69) is 10.1 Å². The van der Waals surface area contributed by atoms with E-state index in [-0.39, 0.29) is 0 Å². The monoisotopic (exact) mass is 218 g/mol. The van der Waals surface area contributed by atoms with E-state index in [0.717, 1.165) is 17.0 Å². The highest BCUT2D eigenvalue weighted by Gasteiger charge is 2.11. The summed E-state index contributed by atoms with van der Waals surface area (Å²) in [5, 5.41) is 4.14. The number of hydrogen-bond acceptors (Lipinski definition) is 4. The molecule has 0 fully saturated rings. The molecule has 2 rings (SSSR count). The van der Waals surface area contributed by atoms with Crippen LogP contribution in [0.1, 0.15) is 11.3 Å². The number of anilines is 1. The van der Waals surface area contributed by atoms with Crippen molar-refractivity contribution < 1.29 is 4.74 Å². The first-order chi connectivity index (χ1) is 7.72. The van der Waals surface area contributed by atoms with Crippen molar-refractivity contribution in [3.63, 3.8) is 0 Å². The van der Waals surface area contributed by atoms with Crippen molar-refractivity contribution in [2.24, 2.45) is 7.05 Å². The Hall–Kier alpha value is -2.04. The van der Waals surface area contributed by atoms with Crippen molar-refractivity contribution in [2.75, 3.05) is 12.8 Å². The number of ether oxygens (including phenoxy) is 1. The van der Waals surface area contributed by atoms with Crippen molar-refractivity contribution in [3.8, 4) is 5.75 Å². The summed E-state index contributed by atoms with van der Waals surface area (Å²) in [6.45, 7) is 0. The molecule has 84 valence electrons. The lowest BCUT2D eigenvalue weighted by Gasteiger charge is -2.06. The molecule has 0 bridgehead atoms. The maximum absolute atomic E-state index is 5.80. The first-order valence-corrected chi connectivity index (χ1v) is 4.96. The van der Waals surface area contributed by atoms with E-state index in [9.17, 15) is 0 Å². The maximum Gasteiger partial charge on any atom is 0.160 e. The third-order valence-corrected chi connectivity index (χ3v) is 2.53. The molecule has 0 radical (unpaired) electrons. The van der Waals surface area contributed by atoms with E-state index >= 15 is 0 Å². The third kappa shape index (κ3) is 1.84. The number of aryl methyl sites for hydroxylation is 1. The molecule has 2 heterocycles.